The van der Waals surface area contributed by atoms with Crippen LogP contribution in [0.25, 0.3) is 10.9 Å². The quantitative estimate of drug-likeness (QED) is 0.267. The molecule has 4 amide bonds. The van der Waals surface area contributed by atoms with Gasteiger partial charge in [-0.05, 0) is 70.2 Å². The van der Waals surface area contributed by atoms with Crippen molar-refractivity contribution in [2.45, 2.75) is 84.3 Å². The van der Waals surface area contributed by atoms with Gasteiger partial charge in [0.15, 0.2) is 0 Å². The summed E-state index contributed by atoms with van der Waals surface area (Å²) in [5.41, 5.74) is 1.42. The minimum Gasteiger partial charge on any atom is -0.444 e. The molecule has 2 fully saturated rings. The highest BCUT2D eigenvalue weighted by Gasteiger charge is 2.34. The third kappa shape index (κ3) is 7.66. The number of carbonyl (C=O) groups excluding carboxylic acids is 3. The molecule has 2 aliphatic rings. The number of anilines is 1. The fraction of sp³-hybridized carbons (Fsp3) is 0.633. The van der Waals surface area contributed by atoms with Crippen LogP contribution in [-0.2, 0) is 20.8 Å². The smallest absolute Gasteiger partial charge is 0.410 e. The number of amides is 4. The first-order valence-corrected chi connectivity index (χ1v) is 18.3. The predicted molar refractivity (Wildman–Crippen MR) is 160 cm³/mol. The zero-order valence-electron chi connectivity index (χ0n) is 25.1. The van der Waals surface area contributed by atoms with Crippen LogP contribution in [0.2, 0.25) is 25.7 Å². The van der Waals surface area contributed by atoms with Crippen molar-refractivity contribution in [3.63, 3.8) is 0 Å². The molecule has 0 atom stereocenters. The number of nitrogens with zero attached hydrogens (tertiary/aromatic N) is 4. The summed E-state index contributed by atoms with van der Waals surface area (Å²) in [5, 5.41) is 1.00. The van der Waals surface area contributed by atoms with Crippen molar-refractivity contribution in [1.82, 2.24) is 14.4 Å². The molecule has 0 aliphatic carbocycles. The summed E-state index contributed by atoms with van der Waals surface area (Å²) in [7, 11) is -1.25. The number of rotatable bonds is 9. The van der Waals surface area contributed by atoms with Crippen molar-refractivity contribution in [3.8, 4) is 0 Å². The van der Waals surface area contributed by atoms with E-state index in [0.717, 1.165) is 61.5 Å². The van der Waals surface area contributed by atoms with Crippen LogP contribution in [-0.4, -0.2) is 79.0 Å². The third-order valence-corrected chi connectivity index (χ3v) is 9.36. The van der Waals surface area contributed by atoms with E-state index in [4.69, 9.17) is 9.47 Å². The van der Waals surface area contributed by atoms with E-state index in [1.54, 1.807) is 4.90 Å². The SMILES string of the molecule is CC(C)(C)OC(=O)N1CCC(CCn2ccc3c(N4CCC(=O)N(COCC[Si](C)(C)C)C4=O)cccc32)CC1. The lowest BCUT2D eigenvalue weighted by molar-refractivity contribution is -0.133. The van der Waals surface area contributed by atoms with Gasteiger partial charge >= 0.3 is 12.1 Å². The van der Waals surface area contributed by atoms with E-state index >= 15 is 0 Å². The molecule has 4 rings (SSSR count). The number of hydrogen-bond donors (Lipinski definition) is 0. The Hall–Kier alpha value is -2.85. The predicted octanol–water partition coefficient (Wildman–Crippen LogP) is 6.15. The van der Waals surface area contributed by atoms with E-state index in [1.165, 1.54) is 4.90 Å². The lowest BCUT2D eigenvalue weighted by Gasteiger charge is -2.34. The number of fused-ring (bicyclic) bond motifs is 1. The number of aromatic nitrogens is 1. The van der Waals surface area contributed by atoms with Crippen LogP contribution in [0.3, 0.4) is 0 Å². The Balaban J connectivity index is 1.36. The molecule has 220 valence electrons. The van der Waals surface area contributed by atoms with E-state index in [-0.39, 0.29) is 31.2 Å². The molecular weight excluding hydrogens is 524 g/mol. The minimum absolute atomic E-state index is 0.00236. The van der Waals surface area contributed by atoms with Gasteiger partial charge < -0.3 is 18.9 Å². The molecule has 2 saturated heterocycles. The maximum Gasteiger partial charge on any atom is 0.410 e. The molecule has 2 aromatic rings. The monoisotopic (exact) mass is 570 g/mol. The average Bonchev–Trinajstić information content (AvgIpc) is 3.29. The second kappa shape index (κ2) is 12.3. The van der Waals surface area contributed by atoms with Crippen molar-refractivity contribution < 1.29 is 23.9 Å². The maximum absolute atomic E-state index is 13.4. The van der Waals surface area contributed by atoms with Gasteiger partial charge in [0.05, 0.1) is 11.2 Å². The Morgan fingerprint density at radius 3 is 2.45 bits per heavy atom. The third-order valence-electron chi connectivity index (χ3n) is 7.65. The number of benzene rings is 1. The highest BCUT2D eigenvalue weighted by Crippen LogP contribution is 2.31. The first kappa shape index (κ1) is 30.1. The van der Waals surface area contributed by atoms with E-state index in [2.05, 4.69) is 42.5 Å². The Morgan fingerprint density at radius 1 is 1.05 bits per heavy atom. The summed E-state index contributed by atoms with van der Waals surface area (Å²) in [6, 6.07) is 8.75. The minimum atomic E-state index is -1.25. The number of carbonyl (C=O) groups is 3. The molecule has 10 heteroatoms. The van der Waals surface area contributed by atoms with Gasteiger partial charge in [0, 0.05) is 58.9 Å². The number of piperidine rings is 1. The van der Waals surface area contributed by atoms with E-state index in [1.807, 2.05) is 37.8 Å². The fourth-order valence-electron chi connectivity index (χ4n) is 5.27. The lowest BCUT2D eigenvalue weighted by Crippen LogP contribution is -2.53. The second-order valence-corrected chi connectivity index (χ2v) is 18.9. The molecule has 0 N–H and O–H groups in total. The van der Waals surface area contributed by atoms with E-state index in [0.29, 0.717) is 19.1 Å². The van der Waals surface area contributed by atoms with Crippen LogP contribution in [0, 0.1) is 5.92 Å². The van der Waals surface area contributed by atoms with Gasteiger partial charge in [-0.1, -0.05) is 25.7 Å². The summed E-state index contributed by atoms with van der Waals surface area (Å²) in [5.74, 6) is 0.361. The molecule has 0 radical (unpaired) electrons. The Bertz CT molecular complexity index is 1210. The molecule has 9 nitrogen and oxygen atoms in total. The van der Waals surface area contributed by atoms with Gasteiger partial charge in [-0.15, -0.1) is 0 Å². The first-order chi connectivity index (χ1) is 18.8. The maximum atomic E-state index is 13.4. The average molecular weight is 571 g/mol. The summed E-state index contributed by atoms with van der Waals surface area (Å²) in [6.45, 7) is 15.8. The zero-order valence-corrected chi connectivity index (χ0v) is 26.1. The normalized spacial score (nSPS) is 17.7. The number of imide groups is 1. The molecule has 1 aromatic carbocycles. The van der Waals surface area contributed by atoms with E-state index < -0.39 is 13.7 Å². The van der Waals surface area contributed by atoms with Crippen LogP contribution < -0.4 is 4.90 Å². The Morgan fingerprint density at radius 2 is 1.77 bits per heavy atom. The van der Waals surface area contributed by atoms with Gasteiger partial charge in [-0.25, -0.2) is 14.5 Å². The topological polar surface area (TPSA) is 84.3 Å². The van der Waals surface area contributed by atoms with Crippen molar-refractivity contribution in [2.75, 3.05) is 37.9 Å². The van der Waals surface area contributed by atoms with Crippen LogP contribution in [0.1, 0.15) is 46.5 Å². The summed E-state index contributed by atoms with van der Waals surface area (Å²) < 4.78 is 13.5. The molecule has 1 aromatic heterocycles. The molecule has 40 heavy (non-hydrogen) atoms. The summed E-state index contributed by atoms with van der Waals surface area (Å²) in [4.78, 5) is 43.1. The Kier molecular flexibility index (Phi) is 9.29. The fourth-order valence-corrected chi connectivity index (χ4v) is 6.02. The summed E-state index contributed by atoms with van der Waals surface area (Å²) >= 11 is 0. The standard InChI is InChI=1S/C30H46N4O5Si/c1-30(2,3)39-29(37)32-16-11-23(12-17-32)10-15-31-18-13-24-25(31)8-7-9-26(24)33-19-14-27(35)34(28(33)36)22-38-20-21-40(4,5)6/h7-9,13,18,23H,10-12,14-17,19-22H2,1-6H3. The molecule has 0 saturated carbocycles. The van der Waals surface area contributed by atoms with Crippen molar-refractivity contribution in [2.24, 2.45) is 5.92 Å². The number of aryl methyl sites for hydroxylation is 1. The molecule has 0 bridgehead atoms. The van der Waals surface area contributed by atoms with Gasteiger partial charge in [0.25, 0.3) is 0 Å². The number of hydrogen-bond acceptors (Lipinski definition) is 5. The van der Waals surface area contributed by atoms with Crippen LogP contribution in [0.5, 0.6) is 0 Å². The summed E-state index contributed by atoms with van der Waals surface area (Å²) in [6.07, 6.45) is 5.10. The molecule has 0 unspecified atom stereocenters. The number of likely N-dealkylation sites (tertiary alicyclic amines) is 1. The number of urea groups is 1. The zero-order chi connectivity index (χ0) is 29.1. The number of ether oxygens (including phenoxy) is 2. The van der Waals surface area contributed by atoms with Crippen molar-refractivity contribution >= 4 is 42.7 Å². The van der Waals surface area contributed by atoms with Crippen molar-refractivity contribution in [1.29, 1.82) is 0 Å². The largest absolute Gasteiger partial charge is 0.444 e. The molecule has 2 aliphatic heterocycles. The molecule has 0 spiro atoms. The first-order valence-electron chi connectivity index (χ1n) is 14.6. The van der Waals surface area contributed by atoms with Gasteiger partial charge in [-0.2, -0.15) is 0 Å². The van der Waals surface area contributed by atoms with E-state index in [9.17, 15) is 14.4 Å². The molecule has 3 heterocycles. The van der Waals surface area contributed by atoms with Gasteiger partial charge in [-0.3, -0.25) is 9.69 Å². The highest BCUT2D eigenvalue weighted by molar-refractivity contribution is 6.76. The van der Waals surface area contributed by atoms with Crippen LogP contribution >= 0.6 is 0 Å². The van der Waals surface area contributed by atoms with Crippen LogP contribution in [0.15, 0.2) is 30.5 Å². The van der Waals surface area contributed by atoms with Crippen molar-refractivity contribution in [3.05, 3.63) is 30.5 Å². The lowest BCUT2D eigenvalue weighted by atomic mass is 9.94. The Labute approximate surface area is 239 Å². The highest BCUT2D eigenvalue weighted by atomic mass is 28.3. The molecular formula is C30H46N4O5Si. The van der Waals surface area contributed by atoms with Crippen LogP contribution in [0.4, 0.5) is 15.3 Å². The van der Waals surface area contributed by atoms with Gasteiger partial charge in [0.2, 0.25) is 5.91 Å². The van der Waals surface area contributed by atoms with Gasteiger partial charge in [0.1, 0.15) is 12.3 Å². The second-order valence-electron chi connectivity index (χ2n) is 13.3.